The molecule has 0 saturated carbocycles. The molecule has 24 heavy (non-hydrogen) atoms. The molecule has 0 spiro atoms. The Labute approximate surface area is 141 Å². The quantitative estimate of drug-likeness (QED) is 0.739. The summed E-state index contributed by atoms with van der Waals surface area (Å²) in [6.07, 6.45) is 0.787. The van der Waals surface area contributed by atoms with E-state index >= 15 is 0 Å². The zero-order valence-corrected chi connectivity index (χ0v) is 14.6. The van der Waals surface area contributed by atoms with Crippen molar-refractivity contribution in [2.24, 2.45) is 0 Å². The normalized spacial score (nSPS) is 18.3. The predicted octanol–water partition coefficient (Wildman–Crippen LogP) is 1.94. The minimum absolute atomic E-state index is 0.0772. The van der Waals surface area contributed by atoms with E-state index in [1.807, 2.05) is 6.92 Å². The van der Waals surface area contributed by atoms with E-state index in [4.69, 9.17) is 18.9 Å². The van der Waals surface area contributed by atoms with Crippen molar-refractivity contribution < 1.29 is 28.5 Å². The van der Waals surface area contributed by atoms with E-state index in [0.717, 1.165) is 5.56 Å². The van der Waals surface area contributed by atoms with Crippen molar-refractivity contribution in [2.75, 3.05) is 28.4 Å². The fraction of sp³-hybridized carbons (Fsp3) is 0.529. The Morgan fingerprint density at radius 3 is 2.17 bits per heavy atom. The Morgan fingerprint density at radius 1 is 1.12 bits per heavy atom. The molecule has 132 valence electrons. The zero-order chi connectivity index (χ0) is 17.9. The van der Waals surface area contributed by atoms with Gasteiger partial charge in [-0.1, -0.05) is 0 Å². The first-order valence-corrected chi connectivity index (χ1v) is 7.67. The van der Waals surface area contributed by atoms with Crippen molar-refractivity contribution in [2.45, 2.75) is 31.8 Å². The lowest BCUT2D eigenvalue weighted by molar-refractivity contribution is -0.150. The van der Waals surface area contributed by atoms with E-state index in [0.29, 0.717) is 30.1 Å². The number of ether oxygens (including phenoxy) is 4. The summed E-state index contributed by atoms with van der Waals surface area (Å²) < 4.78 is 20.8. The molecule has 2 unspecified atom stereocenters. The molecule has 1 aromatic carbocycles. The molecule has 1 aromatic rings. The Morgan fingerprint density at radius 2 is 1.71 bits per heavy atom. The molecule has 0 radical (unpaired) electrons. The van der Waals surface area contributed by atoms with Gasteiger partial charge < -0.3 is 23.8 Å². The largest absolute Gasteiger partial charge is 0.493 e. The maximum absolute atomic E-state index is 12.3. The van der Waals surface area contributed by atoms with Crippen LogP contribution in [0.4, 0.5) is 0 Å². The van der Waals surface area contributed by atoms with Gasteiger partial charge in [0.15, 0.2) is 11.5 Å². The van der Waals surface area contributed by atoms with Crippen LogP contribution in [0.3, 0.4) is 0 Å². The van der Waals surface area contributed by atoms with Crippen LogP contribution in [0.2, 0.25) is 0 Å². The van der Waals surface area contributed by atoms with Crippen LogP contribution in [0.1, 0.15) is 31.4 Å². The number of rotatable bonds is 6. The Hall–Kier alpha value is -2.44. The highest BCUT2D eigenvalue weighted by Crippen LogP contribution is 2.41. The molecule has 0 aliphatic carbocycles. The Bertz CT molecular complexity index is 605. The minimum Gasteiger partial charge on any atom is -0.493 e. The van der Waals surface area contributed by atoms with Crippen LogP contribution >= 0.6 is 0 Å². The van der Waals surface area contributed by atoms with Gasteiger partial charge in [0, 0.05) is 6.42 Å². The van der Waals surface area contributed by atoms with Gasteiger partial charge in [0.05, 0.1) is 34.5 Å². The molecule has 1 saturated heterocycles. The molecule has 1 aliphatic heterocycles. The molecule has 0 aromatic heterocycles. The average molecular weight is 337 g/mol. The molecule has 2 atom stereocenters. The third kappa shape index (κ3) is 3.11. The molecule has 1 aliphatic rings. The van der Waals surface area contributed by atoms with E-state index in [-0.39, 0.29) is 11.9 Å². The van der Waals surface area contributed by atoms with Gasteiger partial charge in [-0.3, -0.25) is 4.79 Å². The van der Waals surface area contributed by atoms with Crippen LogP contribution in [0.15, 0.2) is 12.1 Å². The average Bonchev–Trinajstić information content (AvgIpc) is 3.00. The van der Waals surface area contributed by atoms with E-state index in [9.17, 15) is 9.59 Å². The van der Waals surface area contributed by atoms with Crippen LogP contribution in [-0.4, -0.2) is 51.3 Å². The van der Waals surface area contributed by atoms with Crippen molar-refractivity contribution in [1.82, 2.24) is 4.90 Å². The van der Waals surface area contributed by atoms with Gasteiger partial charge >= 0.3 is 5.97 Å². The van der Waals surface area contributed by atoms with Gasteiger partial charge in [0.2, 0.25) is 11.7 Å². The number of esters is 1. The number of carbonyl (C=O) groups is 2. The molecule has 1 amide bonds. The number of benzene rings is 1. The van der Waals surface area contributed by atoms with Crippen LogP contribution in [0, 0.1) is 0 Å². The van der Waals surface area contributed by atoms with Crippen LogP contribution < -0.4 is 14.2 Å². The zero-order valence-electron chi connectivity index (χ0n) is 14.6. The number of methoxy groups -OCH3 is 4. The minimum atomic E-state index is -0.573. The lowest BCUT2D eigenvalue weighted by atomic mass is 10.0. The summed E-state index contributed by atoms with van der Waals surface area (Å²) >= 11 is 0. The smallest absolute Gasteiger partial charge is 0.328 e. The summed E-state index contributed by atoms with van der Waals surface area (Å²) in [7, 11) is 5.92. The summed E-state index contributed by atoms with van der Waals surface area (Å²) in [6, 6.07) is 2.66. The number of hydrogen-bond acceptors (Lipinski definition) is 6. The van der Waals surface area contributed by atoms with E-state index in [1.54, 1.807) is 17.0 Å². The molecule has 2 rings (SSSR count). The van der Waals surface area contributed by atoms with E-state index < -0.39 is 12.0 Å². The van der Waals surface area contributed by atoms with Crippen molar-refractivity contribution in [3.63, 3.8) is 0 Å². The van der Waals surface area contributed by atoms with Crippen LogP contribution in [-0.2, 0) is 14.3 Å². The Balaban J connectivity index is 2.42. The highest BCUT2D eigenvalue weighted by Gasteiger charge is 2.40. The maximum Gasteiger partial charge on any atom is 0.328 e. The van der Waals surface area contributed by atoms with Gasteiger partial charge in [-0.15, -0.1) is 0 Å². The number of amides is 1. The molecule has 7 heteroatoms. The first kappa shape index (κ1) is 17.9. The molecule has 7 nitrogen and oxygen atoms in total. The predicted molar refractivity (Wildman–Crippen MR) is 86.4 cm³/mol. The second-order valence-electron chi connectivity index (χ2n) is 5.51. The fourth-order valence-electron chi connectivity index (χ4n) is 3.06. The van der Waals surface area contributed by atoms with E-state index in [1.165, 1.54) is 28.4 Å². The van der Waals surface area contributed by atoms with Crippen molar-refractivity contribution in [1.29, 1.82) is 0 Å². The van der Waals surface area contributed by atoms with Crippen molar-refractivity contribution in [3.8, 4) is 17.2 Å². The molecule has 0 N–H and O–H groups in total. The summed E-state index contributed by atoms with van der Waals surface area (Å²) in [5.74, 6) is 1.000. The highest BCUT2D eigenvalue weighted by atomic mass is 16.5. The monoisotopic (exact) mass is 337 g/mol. The standard InChI is InChI=1S/C17H23NO6/c1-10(18-12(17(20)24-5)6-7-15(18)19)11-8-13(21-2)16(23-4)14(9-11)22-3/h8-10,12H,6-7H2,1-5H3. The summed E-state index contributed by atoms with van der Waals surface area (Å²) in [5.41, 5.74) is 0.786. The topological polar surface area (TPSA) is 74.3 Å². The van der Waals surface area contributed by atoms with Crippen molar-refractivity contribution in [3.05, 3.63) is 17.7 Å². The number of likely N-dealkylation sites (tertiary alicyclic amines) is 1. The van der Waals surface area contributed by atoms with E-state index in [2.05, 4.69) is 0 Å². The Kier molecular flexibility index (Phi) is 5.54. The summed E-state index contributed by atoms with van der Waals surface area (Å²) in [6.45, 7) is 1.86. The fourth-order valence-corrected chi connectivity index (χ4v) is 3.06. The van der Waals surface area contributed by atoms with Gasteiger partial charge in [0.1, 0.15) is 6.04 Å². The molecule has 1 heterocycles. The second kappa shape index (κ2) is 7.42. The summed E-state index contributed by atoms with van der Waals surface area (Å²) in [4.78, 5) is 25.8. The molecule has 0 bridgehead atoms. The van der Waals surface area contributed by atoms with Gasteiger partial charge in [-0.2, -0.15) is 0 Å². The number of carbonyl (C=O) groups excluding carboxylic acids is 2. The summed E-state index contributed by atoms with van der Waals surface area (Å²) in [5, 5.41) is 0. The highest BCUT2D eigenvalue weighted by molar-refractivity contribution is 5.88. The first-order chi connectivity index (χ1) is 11.5. The van der Waals surface area contributed by atoms with Gasteiger partial charge in [0.25, 0.3) is 0 Å². The second-order valence-corrected chi connectivity index (χ2v) is 5.51. The SMILES string of the molecule is COC(=O)C1CCC(=O)N1C(C)c1cc(OC)c(OC)c(OC)c1. The lowest BCUT2D eigenvalue weighted by Gasteiger charge is -2.30. The lowest BCUT2D eigenvalue weighted by Crippen LogP contribution is -2.40. The third-order valence-electron chi connectivity index (χ3n) is 4.32. The van der Waals surface area contributed by atoms with Gasteiger partial charge in [-0.05, 0) is 31.0 Å². The number of nitrogens with zero attached hydrogens (tertiary/aromatic N) is 1. The number of hydrogen-bond donors (Lipinski definition) is 0. The third-order valence-corrected chi connectivity index (χ3v) is 4.32. The van der Waals surface area contributed by atoms with Crippen LogP contribution in [0.5, 0.6) is 17.2 Å². The van der Waals surface area contributed by atoms with Crippen molar-refractivity contribution >= 4 is 11.9 Å². The van der Waals surface area contributed by atoms with Gasteiger partial charge in [-0.25, -0.2) is 4.79 Å². The molecule has 1 fully saturated rings. The first-order valence-electron chi connectivity index (χ1n) is 7.67. The van der Waals surface area contributed by atoms with Crippen LogP contribution in [0.25, 0.3) is 0 Å². The molecular formula is C17H23NO6. The molecular weight excluding hydrogens is 314 g/mol. The maximum atomic E-state index is 12.3.